The van der Waals surface area contributed by atoms with E-state index in [0.717, 1.165) is 10.8 Å². The Bertz CT molecular complexity index is 977. The van der Waals surface area contributed by atoms with E-state index in [2.05, 4.69) is 10.1 Å². The topological polar surface area (TPSA) is 64.1 Å². The van der Waals surface area contributed by atoms with E-state index in [-0.39, 0.29) is 11.3 Å². The zero-order valence-corrected chi connectivity index (χ0v) is 11.6. The molecule has 0 fully saturated rings. The predicted octanol–water partition coefficient (Wildman–Crippen LogP) is 3.83. The van der Waals surface area contributed by atoms with E-state index in [1.54, 1.807) is 12.1 Å². The Labute approximate surface area is 128 Å². The zero-order chi connectivity index (χ0) is 16.0. The molecule has 23 heavy (non-hydrogen) atoms. The summed E-state index contributed by atoms with van der Waals surface area (Å²) in [6.45, 7) is 0. The highest BCUT2D eigenvalue weighted by Crippen LogP contribution is 2.39. The summed E-state index contributed by atoms with van der Waals surface area (Å²) in [5.41, 5.74) is 1.48. The van der Waals surface area contributed by atoms with E-state index in [1.165, 1.54) is 30.7 Å². The molecule has 0 spiro atoms. The number of fused-ring (bicyclic) bond motifs is 1. The molecule has 1 N–H and O–H groups in total. The molecule has 0 saturated carbocycles. The van der Waals surface area contributed by atoms with Gasteiger partial charge in [-0.3, -0.25) is 0 Å². The van der Waals surface area contributed by atoms with Crippen LogP contribution < -0.4 is 0 Å². The highest BCUT2D eigenvalue weighted by atomic mass is 19.2. The van der Waals surface area contributed by atoms with Gasteiger partial charge < -0.3 is 9.73 Å². The minimum Gasteiger partial charge on any atom is -0.427 e. The molecule has 114 valence electrons. The summed E-state index contributed by atoms with van der Waals surface area (Å²) in [6.07, 6.45) is 4.24. The molecular weight excluding hydrogens is 304 g/mol. The molecule has 3 heterocycles. The molecule has 0 saturated heterocycles. The average molecular weight is 313 g/mol. The Morgan fingerprint density at radius 1 is 0.957 bits per heavy atom. The Morgan fingerprint density at radius 2 is 1.78 bits per heavy atom. The summed E-state index contributed by atoms with van der Waals surface area (Å²) < 4.78 is 33.6. The van der Waals surface area contributed by atoms with Gasteiger partial charge in [0.05, 0.1) is 17.3 Å². The number of aromatic nitrogens is 3. The fourth-order valence-corrected chi connectivity index (χ4v) is 2.54. The average Bonchev–Trinajstić information content (AvgIpc) is 3.16. The van der Waals surface area contributed by atoms with Gasteiger partial charge in [0, 0.05) is 23.5 Å². The lowest BCUT2D eigenvalue weighted by Crippen LogP contribution is -1.97. The van der Waals surface area contributed by atoms with Gasteiger partial charge in [-0.25, -0.2) is 13.8 Å². The first kappa shape index (κ1) is 13.4. The molecule has 2 aliphatic heterocycles. The third kappa shape index (κ3) is 1.97. The smallest absolute Gasteiger partial charge is 0.177 e. The van der Waals surface area contributed by atoms with Crippen LogP contribution in [0.25, 0.3) is 33.8 Å². The molecule has 0 radical (unpaired) electrons. The molecule has 0 amide bonds. The van der Waals surface area contributed by atoms with Crippen molar-refractivity contribution in [1.82, 2.24) is 14.9 Å². The number of halogens is 2. The summed E-state index contributed by atoms with van der Waals surface area (Å²) in [5.74, 6) is -1.35. The van der Waals surface area contributed by atoms with Gasteiger partial charge in [-0.2, -0.15) is 4.73 Å². The first-order chi connectivity index (χ1) is 11.2. The zero-order valence-electron chi connectivity index (χ0n) is 11.6. The standard InChI is InChI=1S/C16H9F2N3O2/c17-13-5-1-3-9(14(13)18)12-8-20-23-15(12)11-7-19-16-10(11)4-2-6-21(16)22/h1-8,22H. The van der Waals surface area contributed by atoms with E-state index in [9.17, 15) is 14.0 Å². The summed E-state index contributed by atoms with van der Waals surface area (Å²) in [5, 5.41) is 13.4. The fraction of sp³-hybridized carbons (Fsp3) is 0. The molecule has 7 heteroatoms. The van der Waals surface area contributed by atoms with Crippen molar-refractivity contribution in [2.45, 2.75) is 0 Å². The van der Waals surface area contributed by atoms with Crippen LogP contribution >= 0.6 is 0 Å². The number of nitrogens with zero attached hydrogens (tertiary/aromatic N) is 3. The molecule has 2 aliphatic rings. The molecule has 0 bridgehead atoms. The van der Waals surface area contributed by atoms with Crippen molar-refractivity contribution in [1.29, 1.82) is 0 Å². The maximum atomic E-state index is 14.1. The number of rotatable bonds is 2. The van der Waals surface area contributed by atoms with Crippen molar-refractivity contribution in [2.75, 3.05) is 0 Å². The number of hydrogen-bond acceptors (Lipinski definition) is 4. The lowest BCUT2D eigenvalue weighted by molar-refractivity contribution is 0.187. The van der Waals surface area contributed by atoms with E-state index in [4.69, 9.17) is 4.52 Å². The second-order valence-electron chi connectivity index (χ2n) is 4.93. The Kier molecular flexibility index (Phi) is 2.87. The minimum atomic E-state index is -0.974. The number of benzene rings is 1. The normalized spacial score (nSPS) is 11.2. The largest absolute Gasteiger partial charge is 0.427 e. The van der Waals surface area contributed by atoms with Gasteiger partial charge in [-0.05, 0) is 18.2 Å². The van der Waals surface area contributed by atoms with Crippen LogP contribution in [-0.4, -0.2) is 20.1 Å². The van der Waals surface area contributed by atoms with E-state index < -0.39 is 11.6 Å². The van der Waals surface area contributed by atoms with Crippen LogP contribution in [0.3, 0.4) is 0 Å². The quantitative estimate of drug-likeness (QED) is 0.571. The van der Waals surface area contributed by atoms with Crippen molar-refractivity contribution in [3.63, 3.8) is 0 Å². The van der Waals surface area contributed by atoms with Crippen molar-refractivity contribution >= 4 is 0 Å². The Hall–Kier alpha value is -3.22. The highest BCUT2D eigenvalue weighted by molar-refractivity contribution is 5.87. The van der Waals surface area contributed by atoms with Gasteiger partial charge in [-0.15, -0.1) is 0 Å². The van der Waals surface area contributed by atoms with Crippen LogP contribution in [0, 0.1) is 11.6 Å². The molecule has 2 aromatic rings. The van der Waals surface area contributed by atoms with Crippen LogP contribution in [0.5, 0.6) is 0 Å². The van der Waals surface area contributed by atoms with Crippen LogP contribution in [0.4, 0.5) is 8.78 Å². The van der Waals surface area contributed by atoms with Crippen molar-refractivity contribution in [2.24, 2.45) is 0 Å². The van der Waals surface area contributed by atoms with Gasteiger partial charge in [0.15, 0.2) is 23.2 Å². The van der Waals surface area contributed by atoms with Crippen molar-refractivity contribution in [3.05, 3.63) is 60.6 Å². The second-order valence-corrected chi connectivity index (χ2v) is 4.93. The summed E-state index contributed by atoms with van der Waals surface area (Å²) in [7, 11) is 0. The second kappa shape index (κ2) is 4.91. The van der Waals surface area contributed by atoms with Crippen LogP contribution in [0.2, 0.25) is 0 Å². The minimum absolute atomic E-state index is 0.0448. The maximum Gasteiger partial charge on any atom is 0.177 e. The molecule has 5 nitrogen and oxygen atoms in total. The van der Waals surface area contributed by atoms with Gasteiger partial charge in [0.25, 0.3) is 0 Å². The van der Waals surface area contributed by atoms with Crippen LogP contribution in [0.1, 0.15) is 0 Å². The van der Waals surface area contributed by atoms with Crippen molar-refractivity contribution in [3.8, 4) is 33.8 Å². The lowest BCUT2D eigenvalue weighted by Gasteiger charge is -2.06. The predicted molar refractivity (Wildman–Crippen MR) is 76.9 cm³/mol. The summed E-state index contributed by atoms with van der Waals surface area (Å²) in [6, 6.07) is 7.26. The third-order valence-corrected chi connectivity index (χ3v) is 3.61. The van der Waals surface area contributed by atoms with Crippen LogP contribution in [0.15, 0.2) is 53.4 Å². The van der Waals surface area contributed by atoms with E-state index in [0.29, 0.717) is 22.5 Å². The summed E-state index contributed by atoms with van der Waals surface area (Å²) in [4.78, 5) is 4.11. The molecular formula is C16H9F2N3O2. The number of pyridine rings is 1. The third-order valence-electron chi connectivity index (χ3n) is 3.61. The van der Waals surface area contributed by atoms with Gasteiger partial charge in [0.2, 0.25) is 0 Å². The summed E-state index contributed by atoms with van der Waals surface area (Å²) >= 11 is 0. The Morgan fingerprint density at radius 3 is 2.65 bits per heavy atom. The van der Waals surface area contributed by atoms with Gasteiger partial charge in [0.1, 0.15) is 0 Å². The van der Waals surface area contributed by atoms with Gasteiger partial charge in [-0.1, -0.05) is 17.3 Å². The molecule has 1 aromatic heterocycles. The van der Waals surface area contributed by atoms with E-state index >= 15 is 0 Å². The molecule has 4 rings (SSSR count). The number of hydrogen-bond donors (Lipinski definition) is 1. The van der Waals surface area contributed by atoms with Gasteiger partial charge >= 0.3 is 0 Å². The molecule has 0 aliphatic carbocycles. The van der Waals surface area contributed by atoms with E-state index in [1.807, 2.05) is 0 Å². The lowest BCUT2D eigenvalue weighted by atomic mass is 10.0. The molecule has 0 atom stereocenters. The Balaban J connectivity index is 1.92. The monoisotopic (exact) mass is 313 g/mol. The molecule has 1 aromatic carbocycles. The fourth-order valence-electron chi connectivity index (χ4n) is 2.54. The first-order valence-electron chi connectivity index (χ1n) is 6.71. The van der Waals surface area contributed by atoms with Crippen molar-refractivity contribution < 1.29 is 18.5 Å². The highest BCUT2D eigenvalue weighted by Gasteiger charge is 2.23. The molecule has 0 unspecified atom stereocenters. The maximum absolute atomic E-state index is 14.1. The SMILES string of the molecule is On1cccc2c(-c3oncc3-c3cccc(F)c3F)cnc1-2. The van der Waals surface area contributed by atoms with Crippen LogP contribution in [-0.2, 0) is 0 Å². The first-order valence-corrected chi connectivity index (χ1v) is 6.71.